The van der Waals surface area contributed by atoms with E-state index in [-0.39, 0.29) is 31.6 Å². The molecule has 0 aromatic carbocycles. The van der Waals surface area contributed by atoms with Crippen molar-refractivity contribution in [2.45, 2.75) is 6.92 Å². The van der Waals surface area contributed by atoms with E-state index in [0.717, 1.165) is 4.90 Å². The van der Waals surface area contributed by atoms with Crippen LogP contribution in [0.15, 0.2) is 24.3 Å². The third-order valence-electron chi connectivity index (χ3n) is 3.66. The SMILES string of the molecule is C=C(C)C(=O)OCCOCCOCCOCCOCCOCCN1C(=O)C=CC1=O. The molecule has 1 heterocycles. The first-order chi connectivity index (χ1) is 14.5. The van der Waals surface area contributed by atoms with Crippen molar-refractivity contribution >= 4 is 17.8 Å². The van der Waals surface area contributed by atoms with Gasteiger partial charge in [-0.2, -0.15) is 0 Å². The van der Waals surface area contributed by atoms with Gasteiger partial charge in [0, 0.05) is 17.7 Å². The Morgan fingerprint density at radius 2 is 1.10 bits per heavy atom. The van der Waals surface area contributed by atoms with E-state index in [1.165, 1.54) is 12.2 Å². The minimum absolute atomic E-state index is 0.190. The highest BCUT2D eigenvalue weighted by atomic mass is 16.6. The van der Waals surface area contributed by atoms with Gasteiger partial charge in [-0.25, -0.2) is 4.79 Å². The summed E-state index contributed by atoms with van der Waals surface area (Å²) < 4.78 is 31.5. The Bertz CT molecular complexity index is 559. The van der Waals surface area contributed by atoms with Crippen LogP contribution in [0.2, 0.25) is 0 Å². The van der Waals surface area contributed by atoms with Crippen LogP contribution in [0.1, 0.15) is 6.92 Å². The lowest BCUT2D eigenvalue weighted by molar-refractivity contribution is -0.141. The summed E-state index contributed by atoms with van der Waals surface area (Å²) in [6.07, 6.45) is 2.49. The molecule has 2 amide bonds. The molecule has 0 saturated heterocycles. The van der Waals surface area contributed by atoms with Crippen LogP contribution in [0.3, 0.4) is 0 Å². The smallest absolute Gasteiger partial charge is 0.333 e. The molecule has 30 heavy (non-hydrogen) atoms. The highest BCUT2D eigenvalue weighted by Crippen LogP contribution is 2.02. The molecule has 0 atom stereocenters. The fraction of sp³-hybridized carbons (Fsp3) is 0.650. The second kappa shape index (κ2) is 16.7. The molecule has 0 radical (unpaired) electrons. The van der Waals surface area contributed by atoms with Gasteiger partial charge in [0.05, 0.1) is 72.6 Å². The first-order valence-electron chi connectivity index (χ1n) is 9.77. The highest BCUT2D eigenvalue weighted by molar-refractivity contribution is 6.12. The fourth-order valence-corrected chi connectivity index (χ4v) is 2.11. The van der Waals surface area contributed by atoms with Crippen LogP contribution < -0.4 is 0 Å². The van der Waals surface area contributed by atoms with E-state index in [4.69, 9.17) is 28.4 Å². The lowest BCUT2D eigenvalue weighted by Gasteiger charge is -2.13. The molecule has 0 spiro atoms. The maximum Gasteiger partial charge on any atom is 0.333 e. The van der Waals surface area contributed by atoms with E-state index in [1.807, 2.05) is 0 Å². The molecule has 1 aliphatic rings. The molecule has 1 aliphatic heterocycles. The van der Waals surface area contributed by atoms with Crippen LogP contribution in [-0.4, -0.2) is 102 Å². The second-order valence-electron chi connectivity index (χ2n) is 6.14. The average Bonchev–Trinajstić information content (AvgIpc) is 3.04. The molecule has 0 bridgehead atoms. The summed E-state index contributed by atoms with van der Waals surface area (Å²) in [4.78, 5) is 34.9. The van der Waals surface area contributed by atoms with Gasteiger partial charge in [-0.05, 0) is 6.92 Å². The Balaban J connectivity index is 1.73. The molecule has 0 aromatic heterocycles. The molecular formula is C20H31NO9. The Labute approximate surface area is 176 Å². The zero-order valence-electron chi connectivity index (χ0n) is 17.5. The molecule has 10 nitrogen and oxygen atoms in total. The van der Waals surface area contributed by atoms with Crippen molar-refractivity contribution in [3.05, 3.63) is 24.3 Å². The number of ether oxygens (including phenoxy) is 6. The normalized spacial score (nSPS) is 13.3. The topological polar surface area (TPSA) is 110 Å². The summed E-state index contributed by atoms with van der Waals surface area (Å²) in [5.41, 5.74) is 0.362. The minimum atomic E-state index is -0.422. The van der Waals surface area contributed by atoms with Crippen LogP contribution in [0, 0.1) is 0 Å². The number of carbonyl (C=O) groups excluding carboxylic acids is 3. The number of hydrogen-bond acceptors (Lipinski definition) is 9. The molecule has 0 fully saturated rings. The van der Waals surface area contributed by atoms with E-state index in [0.29, 0.717) is 65.0 Å². The van der Waals surface area contributed by atoms with Gasteiger partial charge in [-0.15, -0.1) is 0 Å². The molecule has 0 unspecified atom stereocenters. The van der Waals surface area contributed by atoms with Gasteiger partial charge >= 0.3 is 5.97 Å². The lowest BCUT2D eigenvalue weighted by atomic mass is 10.4. The maximum atomic E-state index is 11.3. The summed E-state index contributed by atoms with van der Waals surface area (Å²) >= 11 is 0. The average molecular weight is 429 g/mol. The van der Waals surface area contributed by atoms with E-state index in [9.17, 15) is 14.4 Å². The fourth-order valence-electron chi connectivity index (χ4n) is 2.11. The van der Waals surface area contributed by atoms with Crippen LogP contribution in [-0.2, 0) is 42.8 Å². The van der Waals surface area contributed by atoms with Crippen LogP contribution in [0.4, 0.5) is 0 Å². The molecule has 0 aromatic rings. The first-order valence-corrected chi connectivity index (χ1v) is 9.77. The molecule has 170 valence electrons. The first kappa shape index (κ1) is 25.9. The van der Waals surface area contributed by atoms with Gasteiger partial charge in [-0.1, -0.05) is 6.58 Å². The summed E-state index contributed by atoms with van der Waals surface area (Å²) in [5.74, 6) is -1.04. The number of esters is 1. The number of nitrogens with zero attached hydrogens (tertiary/aromatic N) is 1. The predicted octanol–water partition coefficient (Wildman–Crippen LogP) is 0.114. The largest absolute Gasteiger partial charge is 0.460 e. The van der Waals surface area contributed by atoms with Crippen LogP contribution in [0.25, 0.3) is 0 Å². The Morgan fingerprint density at radius 1 is 0.733 bits per heavy atom. The zero-order valence-corrected chi connectivity index (χ0v) is 17.5. The highest BCUT2D eigenvalue weighted by Gasteiger charge is 2.22. The second-order valence-corrected chi connectivity index (χ2v) is 6.14. The van der Waals surface area contributed by atoms with Crippen LogP contribution >= 0.6 is 0 Å². The van der Waals surface area contributed by atoms with Gasteiger partial charge in [0.1, 0.15) is 6.61 Å². The Kier molecular flexibility index (Phi) is 14.4. The van der Waals surface area contributed by atoms with Crippen molar-refractivity contribution < 1.29 is 42.8 Å². The Hall–Kier alpha value is -2.11. The van der Waals surface area contributed by atoms with Crippen molar-refractivity contribution in [3.63, 3.8) is 0 Å². The minimum Gasteiger partial charge on any atom is -0.460 e. The van der Waals surface area contributed by atoms with Crippen molar-refractivity contribution in [2.75, 3.05) is 79.2 Å². The third-order valence-corrected chi connectivity index (χ3v) is 3.66. The lowest BCUT2D eigenvalue weighted by Crippen LogP contribution is -2.33. The van der Waals surface area contributed by atoms with Crippen molar-refractivity contribution in [1.82, 2.24) is 4.90 Å². The quantitative estimate of drug-likeness (QED) is 0.122. The standard InChI is InChI=1S/C20H31NO9/c1-17(2)20(24)30-16-15-29-14-13-28-12-11-27-10-9-26-8-7-25-6-5-21-18(22)3-4-19(21)23/h3-4H,1,5-16H2,2H3. The van der Waals surface area contributed by atoms with E-state index >= 15 is 0 Å². The van der Waals surface area contributed by atoms with E-state index in [2.05, 4.69) is 6.58 Å². The molecule has 0 aliphatic carbocycles. The summed E-state index contributed by atoms with van der Waals surface area (Å²) in [6.45, 7) is 9.46. The molecule has 1 rings (SSSR count). The van der Waals surface area contributed by atoms with E-state index in [1.54, 1.807) is 6.92 Å². The molecule has 0 N–H and O–H groups in total. The summed E-state index contributed by atoms with van der Waals surface area (Å²) in [6, 6.07) is 0. The predicted molar refractivity (Wildman–Crippen MR) is 106 cm³/mol. The van der Waals surface area contributed by atoms with E-state index < -0.39 is 5.97 Å². The van der Waals surface area contributed by atoms with Gasteiger partial charge in [0.15, 0.2) is 0 Å². The van der Waals surface area contributed by atoms with Gasteiger partial charge in [-0.3, -0.25) is 14.5 Å². The van der Waals surface area contributed by atoms with Crippen molar-refractivity contribution in [1.29, 1.82) is 0 Å². The number of rotatable bonds is 19. The molecule has 0 saturated carbocycles. The number of hydrogen-bond donors (Lipinski definition) is 0. The van der Waals surface area contributed by atoms with Gasteiger partial charge in [0.2, 0.25) is 0 Å². The summed E-state index contributed by atoms with van der Waals surface area (Å²) in [7, 11) is 0. The van der Waals surface area contributed by atoms with Crippen LogP contribution in [0.5, 0.6) is 0 Å². The number of imide groups is 1. The Morgan fingerprint density at radius 3 is 1.50 bits per heavy atom. The summed E-state index contributed by atoms with van der Waals surface area (Å²) in [5, 5.41) is 0. The number of carbonyl (C=O) groups is 3. The van der Waals surface area contributed by atoms with Crippen molar-refractivity contribution in [2.24, 2.45) is 0 Å². The maximum absolute atomic E-state index is 11.3. The number of amides is 2. The monoisotopic (exact) mass is 429 g/mol. The molecule has 10 heteroatoms. The zero-order chi connectivity index (χ0) is 22.0. The van der Waals surface area contributed by atoms with Gasteiger partial charge in [0.25, 0.3) is 11.8 Å². The third kappa shape index (κ3) is 12.5. The van der Waals surface area contributed by atoms with Gasteiger partial charge < -0.3 is 28.4 Å². The molecular weight excluding hydrogens is 398 g/mol. The van der Waals surface area contributed by atoms with Crippen molar-refractivity contribution in [3.8, 4) is 0 Å².